The Morgan fingerprint density at radius 3 is 2.96 bits per heavy atom. The maximum atomic E-state index is 12.8. The zero-order valence-electron chi connectivity index (χ0n) is 13.1. The van der Waals surface area contributed by atoms with Crippen LogP contribution in [0.5, 0.6) is 0 Å². The van der Waals surface area contributed by atoms with E-state index in [0.29, 0.717) is 37.6 Å². The molecule has 4 rings (SSSR count). The molecule has 0 fully saturated rings. The number of carboxylic acid groups (broad SMARTS) is 1. The molecule has 0 saturated carbocycles. The maximum Gasteiger partial charge on any atom is 0.407 e. The zero-order valence-corrected chi connectivity index (χ0v) is 13.1. The van der Waals surface area contributed by atoms with Gasteiger partial charge in [0.05, 0.1) is 24.7 Å². The average molecular weight is 331 g/mol. The number of aromatic nitrogens is 5. The predicted molar refractivity (Wildman–Crippen MR) is 80.5 cm³/mol. The molecule has 10 nitrogen and oxygen atoms in total. The van der Waals surface area contributed by atoms with Crippen LogP contribution in [0.3, 0.4) is 0 Å². The van der Waals surface area contributed by atoms with E-state index in [4.69, 9.17) is 0 Å². The summed E-state index contributed by atoms with van der Waals surface area (Å²) in [5.41, 5.74) is 2.01. The quantitative estimate of drug-likeness (QED) is 0.753. The van der Waals surface area contributed by atoms with Crippen molar-refractivity contribution in [2.45, 2.75) is 25.4 Å². The van der Waals surface area contributed by atoms with Crippen molar-refractivity contribution in [3.63, 3.8) is 0 Å². The highest BCUT2D eigenvalue weighted by atomic mass is 16.4. The van der Waals surface area contributed by atoms with Crippen molar-refractivity contribution >= 4 is 12.0 Å². The number of carbonyl (C=O) groups excluding carboxylic acids is 1. The van der Waals surface area contributed by atoms with Crippen LogP contribution in [0, 0.1) is 0 Å². The third kappa shape index (κ3) is 2.22. The summed E-state index contributed by atoms with van der Waals surface area (Å²) in [6.07, 6.45) is 1.06. The number of rotatable bonds is 1. The van der Waals surface area contributed by atoms with Gasteiger partial charge < -0.3 is 14.9 Å². The second-order valence-corrected chi connectivity index (χ2v) is 6.15. The molecule has 4 heterocycles. The molecule has 24 heavy (non-hydrogen) atoms. The Labute approximate surface area is 137 Å². The number of likely N-dealkylation sites (N-methyl/N-ethyl adjacent to an activating group) is 1. The SMILES string of the molecule is CN1CC(c2nc[nH]n2)Cn2nc3c(c2C1=O)CN(C(=O)O)CC3. The molecule has 2 amide bonds. The first-order chi connectivity index (χ1) is 11.5. The number of carbonyl (C=O) groups is 2. The number of hydrogen-bond donors (Lipinski definition) is 2. The molecule has 1 atom stereocenters. The first-order valence-electron chi connectivity index (χ1n) is 7.72. The van der Waals surface area contributed by atoms with Crippen molar-refractivity contribution in [3.8, 4) is 0 Å². The molecule has 2 aromatic heterocycles. The minimum atomic E-state index is -0.978. The minimum absolute atomic E-state index is 0.0663. The van der Waals surface area contributed by atoms with Crippen LogP contribution in [0.2, 0.25) is 0 Å². The topological polar surface area (TPSA) is 120 Å². The first kappa shape index (κ1) is 14.7. The summed E-state index contributed by atoms with van der Waals surface area (Å²) in [6, 6.07) is 0. The molecule has 1 unspecified atom stereocenters. The number of H-pyrrole nitrogens is 1. The van der Waals surface area contributed by atoms with Gasteiger partial charge in [0.15, 0.2) is 5.82 Å². The second-order valence-electron chi connectivity index (χ2n) is 6.15. The lowest BCUT2D eigenvalue weighted by Gasteiger charge is -2.24. The van der Waals surface area contributed by atoms with Gasteiger partial charge in [-0.1, -0.05) is 0 Å². The summed E-state index contributed by atoms with van der Waals surface area (Å²) >= 11 is 0. The largest absolute Gasteiger partial charge is 0.465 e. The Bertz CT molecular complexity index is 798. The number of nitrogens with zero attached hydrogens (tertiary/aromatic N) is 6. The number of fused-ring (bicyclic) bond motifs is 3. The van der Waals surface area contributed by atoms with E-state index in [0.717, 1.165) is 11.3 Å². The minimum Gasteiger partial charge on any atom is -0.465 e. The van der Waals surface area contributed by atoms with Crippen LogP contribution >= 0.6 is 0 Å². The van der Waals surface area contributed by atoms with E-state index in [9.17, 15) is 14.7 Å². The van der Waals surface area contributed by atoms with Crippen LogP contribution in [0.4, 0.5) is 4.79 Å². The normalized spacial score (nSPS) is 20.5. The van der Waals surface area contributed by atoms with Crippen molar-refractivity contribution in [2.75, 3.05) is 20.1 Å². The fourth-order valence-electron chi connectivity index (χ4n) is 3.40. The van der Waals surface area contributed by atoms with Crippen LogP contribution < -0.4 is 0 Å². The van der Waals surface area contributed by atoms with Crippen LogP contribution in [-0.2, 0) is 19.5 Å². The third-order valence-corrected chi connectivity index (χ3v) is 4.61. The van der Waals surface area contributed by atoms with Crippen molar-refractivity contribution in [2.24, 2.45) is 0 Å². The lowest BCUT2D eigenvalue weighted by Crippen LogP contribution is -2.36. The Kier molecular flexibility index (Phi) is 3.25. The van der Waals surface area contributed by atoms with E-state index >= 15 is 0 Å². The summed E-state index contributed by atoms with van der Waals surface area (Å²) in [5, 5.41) is 20.6. The van der Waals surface area contributed by atoms with Gasteiger partial charge >= 0.3 is 6.09 Å². The number of nitrogens with one attached hydrogen (secondary N) is 1. The van der Waals surface area contributed by atoms with Gasteiger partial charge in [0.1, 0.15) is 12.0 Å². The van der Waals surface area contributed by atoms with Gasteiger partial charge in [0.2, 0.25) is 0 Å². The summed E-state index contributed by atoms with van der Waals surface area (Å²) in [6.45, 7) is 1.57. The van der Waals surface area contributed by atoms with Crippen molar-refractivity contribution in [1.29, 1.82) is 0 Å². The van der Waals surface area contributed by atoms with Gasteiger partial charge in [0, 0.05) is 32.1 Å². The van der Waals surface area contributed by atoms with Crippen molar-refractivity contribution in [1.82, 2.24) is 34.8 Å². The van der Waals surface area contributed by atoms with Gasteiger partial charge in [-0.05, 0) is 0 Å². The summed E-state index contributed by atoms with van der Waals surface area (Å²) in [4.78, 5) is 31.2. The molecule has 0 radical (unpaired) electrons. The molecule has 10 heteroatoms. The molecule has 0 aromatic carbocycles. The van der Waals surface area contributed by atoms with Gasteiger partial charge in [-0.3, -0.25) is 14.6 Å². The van der Waals surface area contributed by atoms with E-state index in [1.165, 1.54) is 11.2 Å². The highest BCUT2D eigenvalue weighted by Gasteiger charge is 2.35. The molecule has 0 saturated heterocycles. The molecule has 0 bridgehead atoms. The number of hydrogen-bond acceptors (Lipinski definition) is 5. The Balaban J connectivity index is 1.75. The van der Waals surface area contributed by atoms with E-state index in [2.05, 4.69) is 20.3 Å². The zero-order chi connectivity index (χ0) is 16.8. The summed E-state index contributed by atoms with van der Waals surface area (Å²) in [7, 11) is 1.73. The van der Waals surface area contributed by atoms with Crippen molar-refractivity contribution < 1.29 is 14.7 Å². The average Bonchev–Trinajstić information content (AvgIpc) is 3.17. The highest BCUT2D eigenvalue weighted by Crippen LogP contribution is 2.28. The van der Waals surface area contributed by atoms with E-state index in [-0.39, 0.29) is 18.4 Å². The van der Waals surface area contributed by atoms with E-state index in [1.54, 1.807) is 16.6 Å². The monoisotopic (exact) mass is 331 g/mol. The van der Waals surface area contributed by atoms with Gasteiger partial charge in [-0.15, -0.1) is 0 Å². The van der Waals surface area contributed by atoms with Crippen LogP contribution in [0.25, 0.3) is 0 Å². The molecule has 0 spiro atoms. The summed E-state index contributed by atoms with van der Waals surface area (Å²) in [5.74, 6) is 0.431. The third-order valence-electron chi connectivity index (χ3n) is 4.61. The van der Waals surface area contributed by atoms with E-state index < -0.39 is 6.09 Å². The second kappa shape index (κ2) is 5.32. The van der Waals surface area contributed by atoms with Gasteiger partial charge in [-0.2, -0.15) is 10.2 Å². The highest BCUT2D eigenvalue weighted by molar-refractivity contribution is 5.94. The molecule has 2 aromatic rings. The Hall–Kier alpha value is -2.91. The molecular weight excluding hydrogens is 314 g/mol. The van der Waals surface area contributed by atoms with Crippen LogP contribution in [-0.4, -0.2) is 72.0 Å². The molecular formula is C14H17N7O3. The fourth-order valence-corrected chi connectivity index (χ4v) is 3.40. The molecule has 126 valence electrons. The fraction of sp³-hybridized carbons (Fsp3) is 0.500. The number of amides is 2. The van der Waals surface area contributed by atoms with Crippen LogP contribution in [0.15, 0.2) is 6.33 Å². The maximum absolute atomic E-state index is 12.8. The van der Waals surface area contributed by atoms with Gasteiger partial charge in [-0.25, -0.2) is 9.78 Å². The smallest absolute Gasteiger partial charge is 0.407 e. The lowest BCUT2D eigenvalue weighted by molar-refractivity contribution is 0.0786. The van der Waals surface area contributed by atoms with Gasteiger partial charge in [0.25, 0.3) is 5.91 Å². The predicted octanol–water partition coefficient (Wildman–Crippen LogP) is -0.0933. The number of aromatic amines is 1. The standard InChI is InChI=1S/C14H17N7O3/c1-19-4-8(12-15-7-16-17-12)5-21-11(13(19)22)9-6-20(14(23)24)3-2-10(9)18-21/h7-8H,2-6H2,1H3,(H,23,24)(H,15,16,17). The Morgan fingerprint density at radius 1 is 1.42 bits per heavy atom. The van der Waals surface area contributed by atoms with Crippen molar-refractivity contribution in [3.05, 3.63) is 29.1 Å². The Morgan fingerprint density at radius 2 is 2.25 bits per heavy atom. The molecule has 2 N–H and O–H groups in total. The summed E-state index contributed by atoms with van der Waals surface area (Å²) < 4.78 is 1.70. The first-order valence-corrected chi connectivity index (χ1v) is 7.72. The molecule has 2 aliphatic heterocycles. The molecule has 0 aliphatic carbocycles. The van der Waals surface area contributed by atoms with E-state index in [1.807, 2.05) is 0 Å². The molecule has 2 aliphatic rings. The lowest BCUT2D eigenvalue weighted by atomic mass is 10.1. The van der Waals surface area contributed by atoms with Crippen LogP contribution in [0.1, 0.15) is 33.5 Å².